The van der Waals surface area contributed by atoms with E-state index in [9.17, 15) is 0 Å². The third kappa shape index (κ3) is 4.75. The summed E-state index contributed by atoms with van der Waals surface area (Å²) in [6.07, 6.45) is 1.03. The van der Waals surface area contributed by atoms with Gasteiger partial charge in [0.05, 0.1) is 0 Å². The van der Waals surface area contributed by atoms with Crippen LogP contribution in [0, 0.1) is 0 Å². The first-order chi connectivity index (χ1) is 8.67. The summed E-state index contributed by atoms with van der Waals surface area (Å²) in [5.41, 5.74) is 1.36. The van der Waals surface area contributed by atoms with Gasteiger partial charge in [0.15, 0.2) is 5.96 Å². The van der Waals surface area contributed by atoms with E-state index in [4.69, 9.17) is 0 Å². The summed E-state index contributed by atoms with van der Waals surface area (Å²) in [5, 5.41) is 6.35. The zero-order valence-corrected chi connectivity index (χ0v) is 11.8. The molecule has 0 aliphatic rings. The van der Waals surface area contributed by atoms with Crippen LogP contribution in [0.25, 0.3) is 0 Å². The van der Waals surface area contributed by atoms with Crippen molar-refractivity contribution in [3.8, 4) is 0 Å². The molecule has 0 spiro atoms. The fourth-order valence-electron chi connectivity index (χ4n) is 1.82. The average molecular weight is 248 g/mol. The molecule has 4 heteroatoms. The van der Waals surface area contributed by atoms with Crippen molar-refractivity contribution in [2.24, 2.45) is 4.99 Å². The van der Waals surface area contributed by atoms with E-state index in [0.29, 0.717) is 6.04 Å². The van der Waals surface area contributed by atoms with E-state index in [2.05, 4.69) is 65.0 Å². The summed E-state index contributed by atoms with van der Waals surface area (Å²) < 4.78 is 0. The highest BCUT2D eigenvalue weighted by molar-refractivity contribution is 5.79. The van der Waals surface area contributed by atoms with Crippen molar-refractivity contribution < 1.29 is 0 Å². The Morgan fingerprint density at radius 3 is 2.44 bits per heavy atom. The fourth-order valence-corrected chi connectivity index (χ4v) is 1.82. The number of aliphatic imine (C=N–C) groups is 1. The Kier molecular flexibility index (Phi) is 6.22. The van der Waals surface area contributed by atoms with Gasteiger partial charge in [0.1, 0.15) is 0 Å². The molecule has 4 nitrogen and oxygen atoms in total. The normalized spacial score (nSPS) is 13.5. The predicted molar refractivity (Wildman–Crippen MR) is 78.0 cm³/mol. The van der Waals surface area contributed by atoms with Crippen molar-refractivity contribution in [3.63, 3.8) is 0 Å². The highest BCUT2D eigenvalue weighted by Gasteiger charge is 2.12. The Morgan fingerprint density at radius 1 is 1.28 bits per heavy atom. The van der Waals surface area contributed by atoms with Crippen LogP contribution in [0.15, 0.2) is 35.3 Å². The number of nitrogens with zero attached hydrogens (tertiary/aromatic N) is 2. The minimum Gasteiger partial charge on any atom is -0.359 e. The molecule has 1 aromatic rings. The quantitative estimate of drug-likeness (QED) is 0.602. The van der Waals surface area contributed by atoms with Gasteiger partial charge in [0.2, 0.25) is 0 Å². The lowest BCUT2D eigenvalue weighted by atomic mass is 10.1. The number of hydrogen-bond acceptors (Lipinski definition) is 2. The van der Waals surface area contributed by atoms with Crippen molar-refractivity contribution in [3.05, 3.63) is 35.9 Å². The number of likely N-dealkylation sites (N-methyl/N-ethyl adjacent to an activating group) is 1. The average Bonchev–Trinajstić information content (AvgIpc) is 2.39. The molecule has 0 heterocycles. The fraction of sp³-hybridized carbons (Fsp3) is 0.500. The van der Waals surface area contributed by atoms with E-state index in [1.54, 1.807) is 7.05 Å². The summed E-state index contributed by atoms with van der Waals surface area (Å²) in [4.78, 5) is 6.36. The van der Waals surface area contributed by atoms with Crippen molar-refractivity contribution in [2.75, 3.05) is 34.7 Å². The smallest absolute Gasteiger partial charge is 0.190 e. The summed E-state index contributed by atoms with van der Waals surface area (Å²) >= 11 is 0. The highest BCUT2D eigenvalue weighted by atomic mass is 15.2. The molecule has 0 radical (unpaired) electrons. The van der Waals surface area contributed by atoms with E-state index in [1.165, 1.54) is 5.56 Å². The van der Waals surface area contributed by atoms with Crippen LogP contribution in [0.3, 0.4) is 0 Å². The number of benzene rings is 1. The third-order valence-electron chi connectivity index (χ3n) is 3.01. The van der Waals surface area contributed by atoms with Gasteiger partial charge >= 0.3 is 0 Å². The zero-order chi connectivity index (χ0) is 13.4. The maximum atomic E-state index is 4.12. The SMILES string of the molecule is CN=C(NC)NCC(Cc1ccccc1)N(C)C. The van der Waals surface area contributed by atoms with E-state index in [1.807, 2.05) is 7.05 Å². The Bertz CT molecular complexity index is 359. The molecule has 2 N–H and O–H groups in total. The van der Waals surface area contributed by atoms with Gasteiger partial charge < -0.3 is 15.5 Å². The lowest BCUT2D eigenvalue weighted by molar-refractivity contribution is 0.290. The molecule has 18 heavy (non-hydrogen) atoms. The Labute approximate surface area is 110 Å². The molecule has 1 aromatic carbocycles. The van der Waals surface area contributed by atoms with Gasteiger partial charge in [-0.25, -0.2) is 0 Å². The Hall–Kier alpha value is -1.55. The van der Waals surface area contributed by atoms with Gasteiger partial charge in [-0.15, -0.1) is 0 Å². The molecule has 1 unspecified atom stereocenters. The van der Waals surface area contributed by atoms with Crippen LogP contribution in [0.1, 0.15) is 5.56 Å². The molecule has 0 bridgehead atoms. The number of nitrogens with one attached hydrogen (secondary N) is 2. The second kappa shape index (κ2) is 7.71. The minimum absolute atomic E-state index is 0.442. The van der Waals surface area contributed by atoms with Crippen molar-refractivity contribution in [2.45, 2.75) is 12.5 Å². The second-order valence-electron chi connectivity index (χ2n) is 4.51. The molecule has 0 amide bonds. The van der Waals surface area contributed by atoms with Gasteiger partial charge in [-0.2, -0.15) is 0 Å². The number of guanidine groups is 1. The van der Waals surface area contributed by atoms with E-state index in [0.717, 1.165) is 18.9 Å². The zero-order valence-electron chi connectivity index (χ0n) is 11.8. The molecule has 0 aliphatic carbocycles. The highest BCUT2D eigenvalue weighted by Crippen LogP contribution is 2.05. The first-order valence-electron chi connectivity index (χ1n) is 6.26. The summed E-state index contributed by atoms with van der Waals surface area (Å²) in [7, 11) is 7.87. The standard InChI is InChI=1S/C14H24N4/c1-15-14(16-2)17-11-13(18(3)4)10-12-8-6-5-7-9-12/h5-9,13H,10-11H2,1-4H3,(H2,15,16,17). The molecular weight excluding hydrogens is 224 g/mol. The van der Waals surface area contributed by atoms with E-state index < -0.39 is 0 Å². The molecule has 0 saturated heterocycles. The van der Waals surface area contributed by atoms with E-state index >= 15 is 0 Å². The van der Waals surface area contributed by atoms with Crippen LogP contribution in [-0.2, 0) is 6.42 Å². The largest absolute Gasteiger partial charge is 0.359 e. The molecule has 0 fully saturated rings. The molecule has 1 rings (SSSR count). The third-order valence-corrected chi connectivity index (χ3v) is 3.01. The van der Waals surface area contributed by atoms with Crippen molar-refractivity contribution in [1.29, 1.82) is 0 Å². The van der Waals surface area contributed by atoms with Crippen LogP contribution in [0.4, 0.5) is 0 Å². The van der Waals surface area contributed by atoms with Crippen molar-refractivity contribution >= 4 is 5.96 Å². The number of rotatable bonds is 5. The molecule has 1 atom stereocenters. The van der Waals surface area contributed by atoms with Crippen LogP contribution >= 0.6 is 0 Å². The van der Waals surface area contributed by atoms with Crippen molar-refractivity contribution in [1.82, 2.24) is 15.5 Å². The summed E-state index contributed by atoms with van der Waals surface area (Å²) in [5.74, 6) is 0.829. The topological polar surface area (TPSA) is 39.7 Å². The van der Waals surface area contributed by atoms with Gasteiger partial charge in [-0.3, -0.25) is 4.99 Å². The Morgan fingerprint density at radius 2 is 1.94 bits per heavy atom. The van der Waals surface area contributed by atoms with Crippen LogP contribution in [0.5, 0.6) is 0 Å². The maximum absolute atomic E-state index is 4.12. The molecule has 0 saturated carbocycles. The molecule has 0 aromatic heterocycles. The van der Waals surface area contributed by atoms with Gasteiger partial charge in [0, 0.05) is 26.7 Å². The van der Waals surface area contributed by atoms with Crippen LogP contribution < -0.4 is 10.6 Å². The summed E-state index contributed by atoms with van der Waals surface area (Å²) in [6.45, 7) is 0.870. The number of hydrogen-bond donors (Lipinski definition) is 2. The van der Waals surface area contributed by atoms with Crippen LogP contribution in [0.2, 0.25) is 0 Å². The first kappa shape index (κ1) is 14.5. The molecule has 100 valence electrons. The molecular formula is C14H24N4. The Balaban J connectivity index is 2.56. The van der Waals surface area contributed by atoms with Gasteiger partial charge in [0.25, 0.3) is 0 Å². The lowest BCUT2D eigenvalue weighted by Gasteiger charge is -2.25. The molecule has 0 aliphatic heterocycles. The van der Waals surface area contributed by atoms with Gasteiger partial charge in [-0.05, 0) is 26.1 Å². The predicted octanol–water partition coefficient (Wildman–Crippen LogP) is 0.954. The summed E-state index contributed by atoms with van der Waals surface area (Å²) in [6, 6.07) is 11.0. The second-order valence-corrected chi connectivity index (χ2v) is 4.51. The lowest BCUT2D eigenvalue weighted by Crippen LogP contribution is -2.45. The van der Waals surface area contributed by atoms with Gasteiger partial charge in [-0.1, -0.05) is 30.3 Å². The monoisotopic (exact) mass is 248 g/mol. The maximum Gasteiger partial charge on any atom is 0.190 e. The first-order valence-corrected chi connectivity index (χ1v) is 6.26. The van der Waals surface area contributed by atoms with Crippen LogP contribution in [-0.4, -0.2) is 51.6 Å². The minimum atomic E-state index is 0.442. The van der Waals surface area contributed by atoms with E-state index in [-0.39, 0.29) is 0 Å².